The van der Waals surface area contributed by atoms with E-state index in [1.807, 2.05) is 6.07 Å². The minimum absolute atomic E-state index is 0.0233. The van der Waals surface area contributed by atoms with Gasteiger partial charge in [0.2, 0.25) is 5.56 Å². The van der Waals surface area contributed by atoms with Crippen molar-refractivity contribution in [2.45, 2.75) is 31.7 Å². The maximum Gasteiger partial charge on any atom is 0.248 e. The molecule has 1 aromatic heterocycles. The number of aromatic amines is 1. The van der Waals surface area contributed by atoms with E-state index in [-0.39, 0.29) is 5.56 Å². The Hall–Kier alpha value is -1.09. The molecule has 3 N–H and O–H groups in total. The van der Waals surface area contributed by atoms with Gasteiger partial charge in [-0.15, -0.1) is 0 Å². The number of nitrogens with one attached hydrogen (secondary N) is 1. The number of pyridine rings is 1. The lowest BCUT2D eigenvalue weighted by Gasteiger charge is -2.25. The Morgan fingerprint density at radius 1 is 1.46 bits per heavy atom. The van der Waals surface area contributed by atoms with Gasteiger partial charge in [-0.2, -0.15) is 0 Å². The van der Waals surface area contributed by atoms with Gasteiger partial charge in [0.25, 0.3) is 0 Å². The SMILES string of the molecule is NCc1cc(C2CCC2)[nH]c(=O)c1. The van der Waals surface area contributed by atoms with Gasteiger partial charge in [-0.25, -0.2) is 0 Å². The van der Waals surface area contributed by atoms with Gasteiger partial charge in [0, 0.05) is 18.3 Å². The van der Waals surface area contributed by atoms with Crippen molar-refractivity contribution >= 4 is 0 Å². The number of hydrogen-bond donors (Lipinski definition) is 2. The molecule has 0 amide bonds. The zero-order valence-electron chi connectivity index (χ0n) is 7.55. The second-order valence-corrected chi connectivity index (χ2v) is 3.64. The fraction of sp³-hybridized carbons (Fsp3) is 0.500. The Balaban J connectivity index is 2.34. The standard InChI is InChI=1S/C10H14N2O/c11-6-7-4-9(8-2-1-3-8)12-10(13)5-7/h4-5,8H,1-3,6,11H2,(H,12,13). The van der Waals surface area contributed by atoms with E-state index in [2.05, 4.69) is 4.98 Å². The molecule has 1 aliphatic rings. The largest absolute Gasteiger partial charge is 0.326 e. The summed E-state index contributed by atoms with van der Waals surface area (Å²) in [6.45, 7) is 0.448. The van der Waals surface area contributed by atoms with Crippen molar-refractivity contribution in [2.75, 3.05) is 0 Å². The Morgan fingerprint density at radius 3 is 2.77 bits per heavy atom. The molecule has 0 unspecified atom stereocenters. The summed E-state index contributed by atoms with van der Waals surface area (Å²) in [5.74, 6) is 0.569. The summed E-state index contributed by atoms with van der Waals surface area (Å²) in [4.78, 5) is 14.1. The van der Waals surface area contributed by atoms with Crippen molar-refractivity contribution < 1.29 is 0 Å². The van der Waals surface area contributed by atoms with Crippen LogP contribution in [0.1, 0.15) is 36.4 Å². The van der Waals surface area contributed by atoms with Crippen LogP contribution in [0, 0.1) is 0 Å². The van der Waals surface area contributed by atoms with E-state index in [9.17, 15) is 4.79 Å². The van der Waals surface area contributed by atoms with E-state index in [1.54, 1.807) is 6.07 Å². The molecule has 1 heterocycles. The van der Waals surface area contributed by atoms with Crippen LogP contribution < -0.4 is 11.3 Å². The van der Waals surface area contributed by atoms with Crippen LogP contribution in [0.5, 0.6) is 0 Å². The van der Waals surface area contributed by atoms with Gasteiger partial charge in [0.15, 0.2) is 0 Å². The van der Waals surface area contributed by atoms with Crippen LogP contribution in [0.2, 0.25) is 0 Å². The Kier molecular flexibility index (Phi) is 2.19. The highest BCUT2D eigenvalue weighted by molar-refractivity contribution is 5.20. The van der Waals surface area contributed by atoms with E-state index < -0.39 is 0 Å². The first-order chi connectivity index (χ1) is 6.29. The fourth-order valence-electron chi connectivity index (χ4n) is 1.68. The van der Waals surface area contributed by atoms with Crippen LogP contribution in [0.15, 0.2) is 16.9 Å². The maximum absolute atomic E-state index is 11.2. The number of H-pyrrole nitrogens is 1. The van der Waals surface area contributed by atoms with Crippen molar-refractivity contribution in [3.05, 3.63) is 33.7 Å². The third-order valence-electron chi connectivity index (χ3n) is 2.71. The van der Waals surface area contributed by atoms with Gasteiger partial charge in [-0.1, -0.05) is 6.42 Å². The summed E-state index contributed by atoms with van der Waals surface area (Å²) >= 11 is 0. The smallest absolute Gasteiger partial charge is 0.248 e. The van der Waals surface area contributed by atoms with E-state index in [0.29, 0.717) is 12.5 Å². The number of aromatic nitrogens is 1. The summed E-state index contributed by atoms with van der Waals surface area (Å²) in [6.07, 6.45) is 3.67. The molecule has 1 aliphatic carbocycles. The summed E-state index contributed by atoms with van der Waals surface area (Å²) in [7, 11) is 0. The van der Waals surface area contributed by atoms with Crippen LogP contribution >= 0.6 is 0 Å². The predicted octanol–water partition coefficient (Wildman–Crippen LogP) is 1.10. The predicted molar refractivity (Wildman–Crippen MR) is 51.5 cm³/mol. The second-order valence-electron chi connectivity index (χ2n) is 3.64. The van der Waals surface area contributed by atoms with Gasteiger partial charge < -0.3 is 10.7 Å². The second kappa shape index (κ2) is 3.34. The molecule has 3 heteroatoms. The van der Waals surface area contributed by atoms with Gasteiger partial charge in [0.1, 0.15) is 0 Å². The number of nitrogens with two attached hydrogens (primary N) is 1. The Labute approximate surface area is 77.0 Å². The van der Waals surface area contributed by atoms with Crippen LogP contribution in [-0.2, 0) is 6.54 Å². The highest BCUT2D eigenvalue weighted by atomic mass is 16.1. The van der Waals surface area contributed by atoms with Gasteiger partial charge in [-0.05, 0) is 30.4 Å². The molecule has 1 aromatic rings. The summed E-state index contributed by atoms with van der Waals surface area (Å²) in [5.41, 5.74) is 7.48. The first-order valence-corrected chi connectivity index (χ1v) is 4.73. The van der Waals surface area contributed by atoms with Crippen molar-refractivity contribution in [3.63, 3.8) is 0 Å². The lowest BCUT2D eigenvalue weighted by atomic mass is 9.82. The van der Waals surface area contributed by atoms with E-state index in [4.69, 9.17) is 5.73 Å². The summed E-state index contributed by atoms with van der Waals surface area (Å²) in [5, 5.41) is 0. The normalized spacial score (nSPS) is 17.0. The minimum atomic E-state index is -0.0233. The third kappa shape index (κ3) is 1.65. The molecule has 0 bridgehead atoms. The zero-order chi connectivity index (χ0) is 9.26. The molecule has 0 aromatic carbocycles. The third-order valence-corrected chi connectivity index (χ3v) is 2.71. The molecular weight excluding hydrogens is 164 g/mol. The van der Waals surface area contributed by atoms with Crippen molar-refractivity contribution in [1.82, 2.24) is 4.98 Å². The first-order valence-electron chi connectivity index (χ1n) is 4.73. The van der Waals surface area contributed by atoms with Crippen LogP contribution in [0.4, 0.5) is 0 Å². The Bertz CT molecular complexity index is 352. The topological polar surface area (TPSA) is 58.9 Å². The number of rotatable bonds is 2. The average molecular weight is 178 g/mol. The van der Waals surface area contributed by atoms with E-state index in [0.717, 1.165) is 11.3 Å². The first kappa shape index (κ1) is 8.51. The molecular formula is C10H14N2O. The number of hydrogen-bond acceptors (Lipinski definition) is 2. The molecule has 0 radical (unpaired) electrons. The van der Waals surface area contributed by atoms with Crippen molar-refractivity contribution in [1.29, 1.82) is 0 Å². The fourth-order valence-corrected chi connectivity index (χ4v) is 1.68. The molecule has 1 fully saturated rings. The monoisotopic (exact) mass is 178 g/mol. The minimum Gasteiger partial charge on any atom is -0.326 e. The van der Waals surface area contributed by atoms with Crippen LogP contribution in [0.3, 0.4) is 0 Å². The van der Waals surface area contributed by atoms with E-state index >= 15 is 0 Å². The average Bonchev–Trinajstić information content (AvgIpc) is 2.00. The lowest BCUT2D eigenvalue weighted by Crippen LogP contribution is -2.17. The summed E-state index contributed by atoms with van der Waals surface area (Å²) < 4.78 is 0. The molecule has 13 heavy (non-hydrogen) atoms. The zero-order valence-corrected chi connectivity index (χ0v) is 7.55. The Morgan fingerprint density at radius 2 is 2.23 bits per heavy atom. The van der Waals surface area contributed by atoms with Crippen LogP contribution in [-0.4, -0.2) is 4.98 Å². The highest BCUT2D eigenvalue weighted by Gasteiger charge is 2.20. The van der Waals surface area contributed by atoms with E-state index in [1.165, 1.54) is 19.3 Å². The molecule has 70 valence electrons. The van der Waals surface area contributed by atoms with Crippen LogP contribution in [0.25, 0.3) is 0 Å². The molecule has 0 spiro atoms. The molecule has 0 saturated heterocycles. The molecule has 0 atom stereocenters. The molecule has 0 aliphatic heterocycles. The van der Waals surface area contributed by atoms with Crippen molar-refractivity contribution in [2.24, 2.45) is 5.73 Å². The quantitative estimate of drug-likeness (QED) is 0.712. The lowest BCUT2D eigenvalue weighted by molar-refractivity contribution is 0.410. The van der Waals surface area contributed by atoms with Crippen molar-refractivity contribution in [3.8, 4) is 0 Å². The molecule has 2 rings (SSSR count). The summed E-state index contributed by atoms with van der Waals surface area (Å²) in [6, 6.07) is 3.59. The van der Waals surface area contributed by atoms with Gasteiger partial charge >= 0.3 is 0 Å². The highest BCUT2D eigenvalue weighted by Crippen LogP contribution is 2.34. The maximum atomic E-state index is 11.2. The molecule has 3 nitrogen and oxygen atoms in total. The molecule has 1 saturated carbocycles. The van der Waals surface area contributed by atoms with Gasteiger partial charge in [0.05, 0.1) is 0 Å². The van der Waals surface area contributed by atoms with Gasteiger partial charge in [-0.3, -0.25) is 4.79 Å².